The first-order chi connectivity index (χ1) is 11.3. The fraction of sp³-hybridized carbons (Fsp3) is 0.222. The first-order valence-corrected chi connectivity index (χ1v) is 7.73. The summed E-state index contributed by atoms with van der Waals surface area (Å²) in [6, 6.07) is 10.1. The molecule has 0 aliphatic carbocycles. The first kappa shape index (κ1) is 13.8. The van der Waals surface area contributed by atoms with Gasteiger partial charge in [-0.25, -0.2) is 9.97 Å². The van der Waals surface area contributed by atoms with Gasteiger partial charge < -0.3 is 4.90 Å². The molecule has 0 saturated heterocycles. The van der Waals surface area contributed by atoms with Crippen molar-refractivity contribution in [3.8, 4) is 11.4 Å². The molecule has 0 spiro atoms. The number of hydrogen-bond donors (Lipinski definition) is 0. The number of fused-ring (bicyclic) bond motifs is 1. The van der Waals surface area contributed by atoms with E-state index >= 15 is 0 Å². The monoisotopic (exact) mass is 303 g/mol. The van der Waals surface area contributed by atoms with Crippen molar-refractivity contribution in [2.45, 2.75) is 19.9 Å². The summed E-state index contributed by atoms with van der Waals surface area (Å²) in [4.78, 5) is 20.2. The first-order valence-electron chi connectivity index (χ1n) is 7.73. The summed E-state index contributed by atoms with van der Waals surface area (Å²) in [5.41, 5.74) is 4.38. The van der Waals surface area contributed by atoms with Crippen molar-refractivity contribution >= 4 is 5.82 Å². The van der Waals surface area contributed by atoms with Gasteiger partial charge in [-0.2, -0.15) is 0 Å². The summed E-state index contributed by atoms with van der Waals surface area (Å²) < 4.78 is 0. The summed E-state index contributed by atoms with van der Waals surface area (Å²) in [5.74, 6) is 1.69. The van der Waals surface area contributed by atoms with E-state index < -0.39 is 0 Å². The van der Waals surface area contributed by atoms with E-state index in [1.165, 1.54) is 11.3 Å². The fourth-order valence-corrected chi connectivity index (χ4v) is 2.90. The number of nitrogens with zero attached hydrogens (tertiary/aromatic N) is 5. The van der Waals surface area contributed by atoms with Gasteiger partial charge in [-0.1, -0.05) is 6.07 Å². The lowest BCUT2D eigenvalue weighted by molar-refractivity contribution is 0.701. The van der Waals surface area contributed by atoms with Crippen molar-refractivity contribution in [2.75, 3.05) is 11.4 Å². The maximum absolute atomic E-state index is 4.75. The van der Waals surface area contributed by atoms with Crippen molar-refractivity contribution in [3.63, 3.8) is 0 Å². The molecule has 0 aromatic carbocycles. The molecule has 0 bridgehead atoms. The molecular formula is C18H17N5. The molecule has 4 heterocycles. The molecule has 0 N–H and O–H groups in total. The predicted molar refractivity (Wildman–Crippen MR) is 89.0 cm³/mol. The molecule has 1 aliphatic heterocycles. The molecule has 3 aromatic rings. The Morgan fingerprint density at radius 3 is 2.87 bits per heavy atom. The Labute approximate surface area is 135 Å². The largest absolute Gasteiger partial charge is 0.352 e. The molecule has 0 saturated carbocycles. The highest BCUT2D eigenvalue weighted by Crippen LogP contribution is 2.24. The second kappa shape index (κ2) is 5.76. The van der Waals surface area contributed by atoms with Crippen LogP contribution in [0.25, 0.3) is 11.4 Å². The zero-order valence-corrected chi connectivity index (χ0v) is 13.0. The molecule has 114 valence electrons. The second-order valence-electron chi connectivity index (χ2n) is 5.71. The molecule has 5 nitrogen and oxygen atoms in total. The van der Waals surface area contributed by atoms with Crippen LogP contribution in [-0.4, -0.2) is 26.5 Å². The van der Waals surface area contributed by atoms with E-state index in [0.717, 1.165) is 42.4 Å². The van der Waals surface area contributed by atoms with Crippen molar-refractivity contribution in [2.24, 2.45) is 0 Å². The maximum Gasteiger partial charge on any atom is 0.163 e. The van der Waals surface area contributed by atoms with Crippen molar-refractivity contribution in [3.05, 3.63) is 65.9 Å². The van der Waals surface area contributed by atoms with E-state index in [-0.39, 0.29) is 0 Å². The van der Waals surface area contributed by atoms with Gasteiger partial charge in [0.1, 0.15) is 5.82 Å². The fourth-order valence-electron chi connectivity index (χ4n) is 2.90. The minimum atomic E-state index is 0.727. The molecule has 0 amide bonds. The summed E-state index contributed by atoms with van der Waals surface area (Å²) in [5, 5.41) is 0. The lowest BCUT2D eigenvalue weighted by Crippen LogP contribution is -2.31. The highest BCUT2D eigenvalue weighted by Gasteiger charge is 2.19. The van der Waals surface area contributed by atoms with Crippen LogP contribution in [0.3, 0.4) is 0 Å². The van der Waals surface area contributed by atoms with Crippen LogP contribution in [0.15, 0.2) is 48.9 Å². The van der Waals surface area contributed by atoms with Gasteiger partial charge in [-0.3, -0.25) is 9.97 Å². The summed E-state index contributed by atoms with van der Waals surface area (Å²) in [6.07, 6.45) is 6.37. The van der Waals surface area contributed by atoms with E-state index in [1.54, 1.807) is 12.4 Å². The molecule has 1 aliphatic rings. The summed E-state index contributed by atoms with van der Waals surface area (Å²) >= 11 is 0. The molecular weight excluding hydrogens is 286 g/mol. The Bertz CT molecular complexity index is 832. The van der Waals surface area contributed by atoms with Gasteiger partial charge >= 0.3 is 0 Å². The Balaban J connectivity index is 1.69. The Morgan fingerprint density at radius 2 is 2.00 bits per heavy atom. The molecule has 4 rings (SSSR count). The minimum absolute atomic E-state index is 0.727. The molecule has 0 atom stereocenters. The predicted octanol–water partition coefficient (Wildman–Crippen LogP) is 2.80. The van der Waals surface area contributed by atoms with Crippen molar-refractivity contribution < 1.29 is 0 Å². The van der Waals surface area contributed by atoms with Crippen LogP contribution in [-0.2, 0) is 13.0 Å². The van der Waals surface area contributed by atoms with E-state index in [9.17, 15) is 0 Å². The van der Waals surface area contributed by atoms with Gasteiger partial charge in [0.05, 0.1) is 0 Å². The number of anilines is 1. The third-order valence-electron chi connectivity index (χ3n) is 4.05. The third kappa shape index (κ3) is 2.77. The maximum atomic E-state index is 4.75. The van der Waals surface area contributed by atoms with Crippen LogP contribution in [0.2, 0.25) is 0 Å². The molecule has 0 radical (unpaired) electrons. The number of aromatic nitrogens is 4. The highest BCUT2D eigenvalue weighted by atomic mass is 15.2. The Kier molecular flexibility index (Phi) is 3.46. The van der Waals surface area contributed by atoms with E-state index in [2.05, 4.69) is 25.9 Å². The Hall–Kier alpha value is -2.82. The van der Waals surface area contributed by atoms with Crippen LogP contribution in [0.1, 0.15) is 17.0 Å². The van der Waals surface area contributed by atoms with E-state index in [0.29, 0.717) is 0 Å². The van der Waals surface area contributed by atoms with E-state index in [1.807, 2.05) is 37.4 Å². The topological polar surface area (TPSA) is 54.8 Å². The lowest BCUT2D eigenvalue weighted by Gasteiger charge is -2.29. The van der Waals surface area contributed by atoms with Crippen LogP contribution in [0.5, 0.6) is 0 Å². The van der Waals surface area contributed by atoms with Crippen LogP contribution < -0.4 is 4.90 Å². The van der Waals surface area contributed by atoms with E-state index in [4.69, 9.17) is 4.98 Å². The standard InChI is InChI=1S/C18H17N5/c1-13-10-17(22-18(21-13)14-4-2-7-19-11-14)23-9-6-16-15(12-23)5-3-8-20-16/h2-5,7-8,10-11H,6,9,12H2,1H3. The van der Waals surface area contributed by atoms with Crippen LogP contribution in [0.4, 0.5) is 5.82 Å². The average molecular weight is 303 g/mol. The number of pyridine rings is 2. The van der Waals surface area contributed by atoms with Gasteiger partial charge in [0.25, 0.3) is 0 Å². The summed E-state index contributed by atoms with van der Waals surface area (Å²) in [7, 11) is 0. The molecule has 3 aromatic heterocycles. The summed E-state index contributed by atoms with van der Waals surface area (Å²) in [6.45, 7) is 3.77. The zero-order chi connectivity index (χ0) is 15.6. The third-order valence-corrected chi connectivity index (χ3v) is 4.05. The number of hydrogen-bond acceptors (Lipinski definition) is 5. The van der Waals surface area contributed by atoms with Crippen LogP contribution >= 0.6 is 0 Å². The normalized spacial score (nSPS) is 13.7. The number of rotatable bonds is 2. The smallest absolute Gasteiger partial charge is 0.163 e. The molecule has 0 fully saturated rings. The average Bonchev–Trinajstić information content (AvgIpc) is 2.61. The number of aryl methyl sites for hydroxylation is 1. The molecule has 0 unspecified atom stereocenters. The molecule has 5 heteroatoms. The van der Waals surface area contributed by atoms with Crippen molar-refractivity contribution in [1.82, 2.24) is 19.9 Å². The quantitative estimate of drug-likeness (QED) is 0.728. The van der Waals surface area contributed by atoms with Gasteiger partial charge in [0.15, 0.2) is 5.82 Å². The highest BCUT2D eigenvalue weighted by molar-refractivity contribution is 5.57. The SMILES string of the molecule is Cc1cc(N2CCc3ncccc3C2)nc(-c2cccnc2)n1. The van der Waals surface area contributed by atoms with Gasteiger partial charge in [-0.05, 0) is 30.7 Å². The van der Waals surface area contributed by atoms with Gasteiger partial charge in [-0.15, -0.1) is 0 Å². The minimum Gasteiger partial charge on any atom is -0.352 e. The Morgan fingerprint density at radius 1 is 1.09 bits per heavy atom. The lowest BCUT2D eigenvalue weighted by atomic mass is 10.1. The van der Waals surface area contributed by atoms with Gasteiger partial charge in [0.2, 0.25) is 0 Å². The van der Waals surface area contributed by atoms with Crippen LogP contribution in [0, 0.1) is 6.92 Å². The molecule has 23 heavy (non-hydrogen) atoms. The van der Waals surface area contributed by atoms with Crippen molar-refractivity contribution in [1.29, 1.82) is 0 Å². The second-order valence-corrected chi connectivity index (χ2v) is 5.71. The zero-order valence-electron chi connectivity index (χ0n) is 13.0. The van der Waals surface area contributed by atoms with Gasteiger partial charge in [0, 0.05) is 61.1 Å².